The summed E-state index contributed by atoms with van der Waals surface area (Å²) in [6, 6.07) is 14.9. The van der Waals surface area contributed by atoms with E-state index in [1.54, 1.807) is 6.07 Å². The van der Waals surface area contributed by atoms with E-state index in [4.69, 9.17) is 4.74 Å². The molecule has 0 unspecified atom stereocenters. The molecule has 0 radical (unpaired) electrons. The molecule has 1 amide bonds. The highest BCUT2D eigenvalue weighted by molar-refractivity contribution is 5.99. The monoisotopic (exact) mass is 431 g/mol. The molecule has 0 bridgehead atoms. The second-order valence-electron chi connectivity index (χ2n) is 8.28. The molecule has 0 aliphatic carbocycles. The first-order valence-electron chi connectivity index (χ1n) is 10.4. The van der Waals surface area contributed by atoms with E-state index in [1.165, 1.54) is 12.1 Å². The van der Waals surface area contributed by atoms with Gasteiger partial charge in [0, 0.05) is 23.8 Å². The number of methoxy groups -OCH3 is 1. The normalized spacial score (nSPS) is 16.7. The highest BCUT2D eigenvalue weighted by atomic mass is 16.5. The molecule has 2 aromatic carbocycles. The summed E-state index contributed by atoms with van der Waals surface area (Å²) in [6.45, 7) is 8.12. The molecule has 0 fully saturated rings. The fourth-order valence-corrected chi connectivity index (χ4v) is 3.87. The number of anilines is 2. The van der Waals surface area contributed by atoms with Gasteiger partial charge in [0.05, 0.1) is 24.1 Å². The van der Waals surface area contributed by atoms with Gasteiger partial charge in [0.15, 0.2) is 0 Å². The summed E-state index contributed by atoms with van der Waals surface area (Å²) in [5, 5.41) is 5.79. The third-order valence-corrected chi connectivity index (χ3v) is 5.89. The smallest absolute Gasteiger partial charge is 0.337 e. The summed E-state index contributed by atoms with van der Waals surface area (Å²) in [5.74, 6) is -0.343. The van der Waals surface area contributed by atoms with Crippen molar-refractivity contribution in [2.24, 2.45) is 5.10 Å². The summed E-state index contributed by atoms with van der Waals surface area (Å²) in [6.07, 6.45) is 4.78. The molecule has 6 heteroatoms. The number of carbonyl (C=O) groups is 2. The quantitative estimate of drug-likeness (QED) is 0.277. The zero-order valence-electron chi connectivity index (χ0n) is 19.4. The van der Waals surface area contributed by atoms with Crippen LogP contribution in [0.1, 0.15) is 43.6 Å². The van der Waals surface area contributed by atoms with Crippen LogP contribution < -0.4 is 9.91 Å². The van der Waals surface area contributed by atoms with Crippen LogP contribution in [0.3, 0.4) is 0 Å². The zero-order valence-corrected chi connectivity index (χ0v) is 19.4. The number of ether oxygens (including phenoxy) is 1. The average molecular weight is 432 g/mol. The van der Waals surface area contributed by atoms with Crippen LogP contribution in [0.2, 0.25) is 0 Å². The molecule has 0 saturated carbocycles. The Bertz CT molecular complexity index is 1110. The van der Waals surface area contributed by atoms with Crippen LogP contribution in [-0.2, 0) is 14.9 Å². The van der Waals surface area contributed by atoms with E-state index in [9.17, 15) is 9.59 Å². The molecule has 0 spiro atoms. The van der Waals surface area contributed by atoms with Crippen LogP contribution in [0.4, 0.5) is 11.4 Å². The van der Waals surface area contributed by atoms with Crippen LogP contribution in [0.25, 0.3) is 0 Å². The van der Waals surface area contributed by atoms with Crippen LogP contribution >= 0.6 is 0 Å². The number of fused-ring (bicyclic) bond motifs is 1. The third kappa shape index (κ3) is 4.35. The van der Waals surface area contributed by atoms with Gasteiger partial charge in [0.2, 0.25) is 6.41 Å². The molecule has 1 heterocycles. The summed E-state index contributed by atoms with van der Waals surface area (Å²) in [7, 11) is 3.41. The molecular weight excluding hydrogens is 402 g/mol. The zero-order chi connectivity index (χ0) is 23.5. The number of allylic oxidation sites excluding steroid dienone is 4. The van der Waals surface area contributed by atoms with Crippen molar-refractivity contribution in [2.75, 3.05) is 24.1 Å². The fourth-order valence-electron chi connectivity index (χ4n) is 3.87. The average Bonchev–Trinajstić information content (AvgIpc) is 3.00. The van der Waals surface area contributed by atoms with Gasteiger partial charge in [-0.15, -0.1) is 0 Å². The summed E-state index contributed by atoms with van der Waals surface area (Å²) >= 11 is 0. The number of likely N-dealkylation sites (N-methyl/N-ethyl adjacent to an activating group) is 1. The Morgan fingerprint density at radius 2 is 1.81 bits per heavy atom. The SMILES string of the molecule is COC(=O)c1ccc2c(c1)C(C)(C)C(=C/C=C(C)\C(C)=N/N(C=O)c1ccccc1)N2C. The molecule has 1 aliphatic rings. The van der Waals surface area contributed by atoms with Gasteiger partial charge < -0.3 is 9.64 Å². The lowest BCUT2D eigenvalue weighted by molar-refractivity contribution is -0.107. The summed E-state index contributed by atoms with van der Waals surface area (Å²) < 4.78 is 4.88. The van der Waals surface area contributed by atoms with E-state index in [1.807, 2.05) is 69.4 Å². The van der Waals surface area contributed by atoms with Crippen molar-refractivity contribution in [3.63, 3.8) is 0 Å². The second-order valence-corrected chi connectivity index (χ2v) is 8.28. The van der Waals surface area contributed by atoms with Gasteiger partial charge in [-0.25, -0.2) is 9.80 Å². The van der Waals surface area contributed by atoms with E-state index in [-0.39, 0.29) is 11.4 Å². The molecule has 0 saturated heterocycles. The van der Waals surface area contributed by atoms with Gasteiger partial charge in [-0.2, -0.15) is 5.10 Å². The van der Waals surface area contributed by atoms with Crippen LogP contribution in [0.15, 0.2) is 77.1 Å². The maximum atomic E-state index is 12.0. The van der Waals surface area contributed by atoms with Crippen LogP contribution in [-0.4, -0.2) is 32.2 Å². The van der Waals surface area contributed by atoms with Crippen molar-refractivity contribution in [2.45, 2.75) is 33.1 Å². The van der Waals surface area contributed by atoms with E-state index in [0.29, 0.717) is 17.7 Å². The van der Waals surface area contributed by atoms with Crippen molar-refractivity contribution in [3.05, 3.63) is 83.1 Å². The van der Waals surface area contributed by atoms with Crippen molar-refractivity contribution in [3.8, 4) is 0 Å². The van der Waals surface area contributed by atoms with Crippen molar-refractivity contribution < 1.29 is 14.3 Å². The fraction of sp³-hybridized carbons (Fsp3) is 0.269. The van der Waals surface area contributed by atoms with Crippen LogP contribution in [0, 0.1) is 0 Å². The molecule has 3 rings (SSSR count). The molecule has 2 aromatic rings. The number of para-hydroxylation sites is 1. The number of carbonyl (C=O) groups excluding carboxylic acids is 2. The first-order chi connectivity index (χ1) is 15.2. The van der Waals surface area contributed by atoms with Gasteiger partial charge in [-0.05, 0) is 61.4 Å². The van der Waals surface area contributed by atoms with Crippen molar-refractivity contribution in [1.29, 1.82) is 0 Å². The number of hydrogen-bond acceptors (Lipinski definition) is 5. The molecule has 166 valence electrons. The van der Waals surface area contributed by atoms with Crippen LogP contribution in [0.5, 0.6) is 0 Å². The van der Waals surface area contributed by atoms with Crippen molar-refractivity contribution in [1.82, 2.24) is 0 Å². The molecule has 32 heavy (non-hydrogen) atoms. The van der Waals surface area contributed by atoms with Gasteiger partial charge in [0.1, 0.15) is 0 Å². The first-order valence-corrected chi connectivity index (χ1v) is 10.4. The molecule has 6 nitrogen and oxygen atoms in total. The van der Waals surface area contributed by atoms with Gasteiger partial charge >= 0.3 is 5.97 Å². The second kappa shape index (κ2) is 9.22. The molecule has 1 aliphatic heterocycles. The van der Waals surface area contributed by atoms with E-state index in [0.717, 1.165) is 28.2 Å². The Morgan fingerprint density at radius 1 is 1.12 bits per heavy atom. The maximum Gasteiger partial charge on any atom is 0.337 e. The topological polar surface area (TPSA) is 62.2 Å². The van der Waals surface area contributed by atoms with Crippen molar-refractivity contribution >= 4 is 29.5 Å². The van der Waals surface area contributed by atoms with E-state index in [2.05, 4.69) is 29.9 Å². The Morgan fingerprint density at radius 3 is 2.44 bits per heavy atom. The van der Waals surface area contributed by atoms with Gasteiger partial charge in [-0.3, -0.25) is 4.79 Å². The minimum atomic E-state index is -0.343. The minimum Gasteiger partial charge on any atom is -0.465 e. The van der Waals surface area contributed by atoms with E-state index >= 15 is 0 Å². The minimum absolute atomic E-state index is 0.297. The Labute approximate surface area is 189 Å². The Hall–Kier alpha value is -3.67. The number of amides is 1. The number of esters is 1. The predicted molar refractivity (Wildman–Crippen MR) is 129 cm³/mol. The number of nitrogens with zero attached hydrogens (tertiary/aromatic N) is 3. The Balaban J connectivity index is 1.91. The third-order valence-electron chi connectivity index (χ3n) is 5.89. The Kier molecular flexibility index (Phi) is 6.63. The lowest BCUT2D eigenvalue weighted by Crippen LogP contribution is -2.22. The first kappa shape index (κ1) is 23.0. The molecule has 0 aromatic heterocycles. The van der Waals surface area contributed by atoms with Gasteiger partial charge in [0.25, 0.3) is 0 Å². The lowest BCUT2D eigenvalue weighted by atomic mass is 9.83. The molecular formula is C26H29N3O3. The largest absolute Gasteiger partial charge is 0.465 e. The summed E-state index contributed by atoms with van der Waals surface area (Å²) in [5.41, 5.74) is 5.85. The highest BCUT2D eigenvalue weighted by Gasteiger charge is 2.38. The number of benzene rings is 2. The predicted octanol–water partition coefficient (Wildman–Crippen LogP) is 5.07. The number of hydrogen-bond donors (Lipinski definition) is 0. The number of rotatable bonds is 6. The molecule has 0 atom stereocenters. The maximum absolute atomic E-state index is 12.0. The van der Waals surface area contributed by atoms with Gasteiger partial charge in [-0.1, -0.05) is 38.1 Å². The standard InChI is InChI=1S/C26H29N3O3/c1-18(19(2)27-29(17-30)21-10-8-7-9-11-21)12-15-24-26(3,4)22-16-20(25(31)32-6)13-14-23(22)28(24)5/h7-17H,1-6H3/b18-12-,24-15?,27-19-. The molecule has 0 N–H and O–H groups in total. The van der Waals surface area contributed by atoms with E-state index < -0.39 is 0 Å². The lowest BCUT2D eigenvalue weighted by Gasteiger charge is -2.24. The number of hydrazone groups is 1. The summed E-state index contributed by atoms with van der Waals surface area (Å²) in [4.78, 5) is 25.7. The highest BCUT2D eigenvalue weighted by Crippen LogP contribution is 2.47.